The van der Waals surface area contributed by atoms with Crippen molar-refractivity contribution >= 4 is 38.5 Å². The topological polar surface area (TPSA) is 78.6 Å². The Labute approximate surface area is 193 Å². The van der Waals surface area contributed by atoms with Gasteiger partial charge in [0.25, 0.3) is 0 Å². The number of para-hydroxylation sites is 1. The molecule has 0 unspecified atom stereocenters. The van der Waals surface area contributed by atoms with Gasteiger partial charge in [-0.1, -0.05) is 42.5 Å². The molecule has 0 saturated heterocycles. The molecule has 33 heavy (non-hydrogen) atoms. The average Bonchev–Trinajstić information content (AvgIpc) is 3.26. The molecule has 0 aliphatic rings. The summed E-state index contributed by atoms with van der Waals surface area (Å²) < 4.78 is 18.1. The van der Waals surface area contributed by atoms with Gasteiger partial charge in [0.05, 0.1) is 27.8 Å². The summed E-state index contributed by atoms with van der Waals surface area (Å²) in [6, 6.07) is 21.8. The number of carbonyl (C=O) groups is 1. The minimum Gasteiger partial charge on any atom is -0.486 e. The summed E-state index contributed by atoms with van der Waals surface area (Å²) >= 11 is 1.56. The van der Waals surface area contributed by atoms with Crippen molar-refractivity contribution in [2.24, 2.45) is 0 Å². The number of esters is 1. The monoisotopic (exact) mass is 457 g/mol. The first kappa shape index (κ1) is 20.9. The van der Waals surface area contributed by atoms with E-state index in [0.29, 0.717) is 16.7 Å². The molecule has 2 aromatic heterocycles. The van der Waals surface area contributed by atoms with Crippen molar-refractivity contribution in [2.45, 2.75) is 13.5 Å². The van der Waals surface area contributed by atoms with E-state index in [1.807, 2.05) is 30.3 Å². The number of benzene rings is 3. The molecule has 0 N–H and O–H groups in total. The van der Waals surface area contributed by atoms with Crippen LogP contribution in [-0.4, -0.2) is 17.6 Å². The molecule has 0 aliphatic carbocycles. The van der Waals surface area contributed by atoms with E-state index in [9.17, 15) is 9.59 Å². The summed E-state index contributed by atoms with van der Waals surface area (Å²) in [7, 11) is 0. The number of hydrogen-bond acceptors (Lipinski definition) is 7. The van der Waals surface area contributed by atoms with Crippen LogP contribution in [0.1, 0.15) is 22.5 Å². The fourth-order valence-corrected chi connectivity index (χ4v) is 4.48. The maximum atomic E-state index is 13.3. The Balaban J connectivity index is 1.53. The first-order chi connectivity index (χ1) is 16.1. The lowest BCUT2D eigenvalue weighted by Crippen LogP contribution is -2.15. The van der Waals surface area contributed by atoms with E-state index in [2.05, 4.69) is 4.98 Å². The number of rotatable bonds is 6. The Hall–Kier alpha value is -3.97. The van der Waals surface area contributed by atoms with Gasteiger partial charge < -0.3 is 13.9 Å². The third kappa shape index (κ3) is 4.10. The quantitative estimate of drug-likeness (QED) is 0.299. The number of fused-ring (bicyclic) bond motifs is 2. The van der Waals surface area contributed by atoms with Gasteiger partial charge in [0.15, 0.2) is 0 Å². The largest absolute Gasteiger partial charge is 0.486 e. The first-order valence-corrected chi connectivity index (χ1v) is 11.3. The van der Waals surface area contributed by atoms with Crippen LogP contribution in [0.2, 0.25) is 0 Å². The predicted molar refractivity (Wildman–Crippen MR) is 128 cm³/mol. The molecule has 0 amide bonds. The zero-order chi connectivity index (χ0) is 22.8. The van der Waals surface area contributed by atoms with Crippen LogP contribution in [0.25, 0.3) is 32.3 Å². The highest BCUT2D eigenvalue weighted by molar-refractivity contribution is 7.18. The zero-order valence-electron chi connectivity index (χ0n) is 17.7. The number of ether oxygens (including phenoxy) is 2. The number of hydrogen-bond donors (Lipinski definition) is 0. The summed E-state index contributed by atoms with van der Waals surface area (Å²) in [6.07, 6.45) is 0. The van der Waals surface area contributed by atoms with Gasteiger partial charge in [-0.3, -0.25) is 4.79 Å². The van der Waals surface area contributed by atoms with Crippen molar-refractivity contribution < 1.29 is 18.7 Å². The van der Waals surface area contributed by atoms with Gasteiger partial charge in [-0.15, -0.1) is 11.3 Å². The third-order valence-electron chi connectivity index (χ3n) is 5.09. The van der Waals surface area contributed by atoms with Crippen molar-refractivity contribution in [3.8, 4) is 16.9 Å². The molecule has 6 nitrogen and oxygen atoms in total. The highest BCUT2D eigenvalue weighted by atomic mass is 32.1. The van der Waals surface area contributed by atoms with Crippen LogP contribution in [0.5, 0.6) is 5.75 Å². The summed E-state index contributed by atoms with van der Waals surface area (Å²) in [6.45, 7) is 2.15. The first-order valence-electron chi connectivity index (χ1n) is 10.4. The average molecular weight is 458 g/mol. The molecule has 0 radical (unpaired) electrons. The number of aromatic nitrogens is 1. The lowest BCUT2D eigenvalue weighted by Gasteiger charge is -2.11. The maximum absolute atomic E-state index is 13.3. The van der Waals surface area contributed by atoms with Gasteiger partial charge in [-0.05, 0) is 36.8 Å². The predicted octanol–water partition coefficient (Wildman–Crippen LogP) is 5.83. The normalized spacial score (nSPS) is 11.1. The van der Waals surface area contributed by atoms with E-state index in [-0.39, 0.29) is 35.5 Å². The Morgan fingerprint density at radius 2 is 1.82 bits per heavy atom. The number of thiazole rings is 1. The summed E-state index contributed by atoms with van der Waals surface area (Å²) in [4.78, 5) is 30.5. The Bertz CT molecular complexity index is 1490. The van der Waals surface area contributed by atoms with Gasteiger partial charge in [0.2, 0.25) is 11.2 Å². The van der Waals surface area contributed by atoms with Crippen molar-refractivity contribution in [1.29, 1.82) is 0 Å². The van der Waals surface area contributed by atoms with Gasteiger partial charge >= 0.3 is 5.97 Å². The summed E-state index contributed by atoms with van der Waals surface area (Å²) in [5.74, 6) is -0.299. The molecule has 3 aromatic carbocycles. The van der Waals surface area contributed by atoms with E-state index in [0.717, 1.165) is 15.2 Å². The molecule has 164 valence electrons. The van der Waals surface area contributed by atoms with Crippen LogP contribution in [0.15, 0.2) is 82.0 Å². The van der Waals surface area contributed by atoms with Gasteiger partial charge in [0, 0.05) is 6.07 Å². The van der Waals surface area contributed by atoms with E-state index >= 15 is 0 Å². The third-order valence-corrected chi connectivity index (χ3v) is 6.10. The number of carbonyl (C=O) groups excluding carboxylic acids is 1. The van der Waals surface area contributed by atoms with Crippen molar-refractivity contribution in [3.63, 3.8) is 0 Å². The molecule has 0 saturated carbocycles. The molecular formula is C26H19NO5S. The van der Waals surface area contributed by atoms with Crippen LogP contribution in [0, 0.1) is 0 Å². The van der Waals surface area contributed by atoms with Gasteiger partial charge in [0.1, 0.15) is 22.9 Å². The van der Waals surface area contributed by atoms with Crippen LogP contribution < -0.4 is 10.2 Å². The van der Waals surface area contributed by atoms with Gasteiger partial charge in [-0.2, -0.15) is 0 Å². The number of nitrogens with zero attached hydrogens (tertiary/aromatic N) is 1. The minimum absolute atomic E-state index is 0.121. The smallest absolute Gasteiger partial charge is 0.375 e. The van der Waals surface area contributed by atoms with Crippen molar-refractivity contribution in [2.75, 3.05) is 6.61 Å². The lowest BCUT2D eigenvalue weighted by molar-refractivity contribution is 0.0492. The van der Waals surface area contributed by atoms with Crippen LogP contribution in [0.4, 0.5) is 0 Å². The molecular weight excluding hydrogens is 438 g/mol. The fourth-order valence-electron chi connectivity index (χ4n) is 3.60. The Kier molecular flexibility index (Phi) is 5.62. The summed E-state index contributed by atoms with van der Waals surface area (Å²) in [5.41, 5.74) is 1.66. The molecule has 0 atom stereocenters. The van der Waals surface area contributed by atoms with Crippen LogP contribution in [-0.2, 0) is 11.3 Å². The van der Waals surface area contributed by atoms with Crippen molar-refractivity contribution in [3.05, 3.63) is 93.8 Å². The lowest BCUT2D eigenvalue weighted by atomic mass is 10.0. The minimum atomic E-state index is -0.684. The van der Waals surface area contributed by atoms with Crippen LogP contribution >= 0.6 is 11.3 Å². The Morgan fingerprint density at radius 1 is 1.03 bits per heavy atom. The molecule has 0 aliphatic heterocycles. The molecule has 2 heterocycles. The zero-order valence-corrected chi connectivity index (χ0v) is 18.6. The van der Waals surface area contributed by atoms with E-state index in [1.54, 1.807) is 60.7 Å². The Morgan fingerprint density at radius 3 is 2.61 bits per heavy atom. The van der Waals surface area contributed by atoms with Crippen molar-refractivity contribution in [1.82, 2.24) is 4.98 Å². The van der Waals surface area contributed by atoms with Crippen LogP contribution in [0.3, 0.4) is 0 Å². The SMILES string of the molecule is CCOC(=O)c1oc2cc(OCc3nc4ccccc4s3)ccc2c(=O)c1-c1ccccc1. The second-order valence-electron chi connectivity index (χ2n) is 7.24. The molecule has 5 aromatic rings. The fraction of sp³-hybridized carbons (Fsp3) is 0.115. The highest BCUT2D eigenvalue weighted by Gasteiger charge is 2.23. The van der Waals surface area contributed by atoms with Gasteiger partial charge in [-0.25, -0.2) is 9.78 Å². The summed E-state index contributed by atoms with van der Waals surface area (Å²) in [5, 5.41) is 1.19. The molecule has 0 fully saturated rings. The second kappa shape index (κ2) is 8.88. The second-order valence-corrected chi connectivity index (χ2v) is 8.36. The maximum Gasteiger partial charge on any atom is 0.375 e. The molecule has 7 heteroatoms. The standard InChI is InChI=1S/C26H19NO5S/c1-2-30-26(29)25-23(16-8-4-3-5-9-16)24(28)18-13-12-17(14-20(18)32-25)31-15-22-27-19-10-6-7-11-21(19)33-22/h3-14H,2,15H2,1H3. The van der Waals surface area contributed by atoms with E-state index in [4.69, 9.17) is 13.9 Å². The highest BCUT2D eigenvalue weighted by Crippen LogP contribution is 2.28. The molecule has 5 rings (SSSR count). The molecule has 0 bridgehead atoms. The van der Waals surface area contributed by atoms with E-state index < -0.39 is 5.97 Å². The van der Waals surface area contributed by atoms with E-state index in [1.165, 1.54) is 0 Å². The molecule has 0 spiro atoms.